The molecule has 0 fully saturated rings. The van der Waals surface area contributed by atoms with Crippen molar-refractivity contribution in [2.45, 2.75) is 17.1 Å². The molecule has 0 aliphatic heterocycles. The molecule has 8 nitrogen and oxygen atoms in total. The molecule has 6 rings (SSSR count). The van der Waals surface area contributed by atoms with E-state index < -0.39 is 17.1 Å². The van der Waals surface area contributed by atoms with Crippen molar-refractivity contribution in [2.24, 2.45) is 0 Å². The van der Waals surface area contributed by atoms with E-state index in [0.717, 1.165) is 27.3 Å². The molecule has 6 aromatic rings. The zero-order valence-electron chi connectivity index (χ0n) is 28.0. The Morgan fingerprint density at radius 1 is 0.725 bits per heavy atom. The van der Waals surface area contributed by atoms with E-state index in [9.17, 15) is 14.4 Å². The highest BCUT2D eigenvalue weighted by Crippen LogP contribution is 2.37. The van der Waals surface area contributed by atoms with Gasteiger partial charge in [-0.2, -0.15) is 0 Å². The van der Waals surface area contributed by atoms with Gasteiger partial charge in [-0.25, -0.2) is 0 Å². The average Bonchev–Trinajstić information content (AvgIpc) is 3.64. The fourth-order valence-corrected chi connectivity index (χ4v) is 6.30. The summed E-state index contributed by atoms with van der Waals surface area (Å²) in [5.74, 6) is 0.403. The Morgan fingerprint density at radius 3 is 2.12 bits per heavy atom. The highest BCUT2D eigenvalue weighted by molar-refractivity contribution is 8.00. The van der Waals surface area contributed by atoms with Gasteiger partial charge in [0.15, 0.2) is 0 Å². The quantitative estimate of drug-likeness (QED) is 0.0872. The number of benzene rings is 5. The van der Waals surface area contributed by atoms with Crippen LogP contribution in [0.5, 0.6) is 5.75 Å². The maximum Gasteiger partial charge on any atom is 0.272 e. The SMILES string of the molecule is COc1ccccc1-c1ccc(/C=C(/NC(=O)c2ccccc2)C(=O)Nc2ccc(SC(C(=O)Nc3ccccc3C)c3ccccc3)cc2)o1. The number of furan rings is 1. The third-order valence-corrected chi connectivity index (χ3v) is 9.19. The number of carbonyl (C=O) groups excluding carboxylic acids is 3. The normalized spacial score (nSPS) is 11.7. The monoisotopic (exact) mass is 693 g/mol. The van der Waals surface area contributed by atoms with Crippen LogP contribution in [0.2, 0.25) is 0 Å². The van der Waals surface area contributed by atoms with Gasteiger partial charge in [0.05, 0.1) is 12.7 Å². The summed E-state index contributed by atoms with van der Waals surface area (Å²) in [5.41, 5.74) is 4.22. The second-order valence-corrected chi connectivity index (χ2v) is 12.7. The van der Waals surface area contributed by atoms with Crippen LogP contribution < -0.4 is 20.7 Å². The molecule has 5 aromatic carbocycles. The first-order valence-electron chi connectivity index (χ1n) is 16.2. The summed E-state index contributed by atoms with van der Waals surface area (Å²) in [4.78, 5) is 41.2. The van der Waals surface area contributed by atoms with Gasteiger partial charge < -0.3 is 25.1 Å². The first kappa shape index (κ1) is 34.5. The van der Waals surface area contributed by atoms with Crippen LogP contribution >= 0.6 is 11.8 Å². The number of methoxy groups -OCH3 is 1. The molecule has 254 valence electrons. The number of aryl methyl sites for hydroxylation is 1. The van der Waals surface area contributed by atoms with Crippen molar-refractivity contribution in [3.63, 3.8) is 0 Å². The molecular weight excluding hydrogens is 659 g/mol. The maximum absolute atomic E-state index is 13.7. The molecule has 0 spiro atoms. The number of anilines is 2. The number of para-hydroxylation sites is 2. The molecule has 0 saturated heterocycles. The lowest BCUT2D eigenvalue weighted by molar-refractivity contribution is -0.116. The molecule has 0 aliphatic carbocycles. The van der Waals surface area contributed by atoms with Gasteiger partial charge in [0, 0.05) is 27.9 Å². The van der Waals surface area contributed by atoms with Crippen LogP contribution in [-0.2, 0) is 9.59 Å². The molecule has 1 atom stereocenters. The lowest BCUT2D eigenvalue weighted by atomic mass is 10.1. The van der Waals surface area contributed by atoms with Crippen molar-refractivity contribution in [1.82, 2.24) is 5.32 Å². The van der Waals surface area contributed by atoms with Crippen molar-refractivity contribution >= 4 is 46.9 Å². The number of rotatable bonds is 12. The zero-order chi connectivity index (χ0) is 35.6. The standard InChI is InChI=1S/C42H35N3O5S/c1-28-13-9-11-19-35(28)44-42(48)39(29-14-5-3-6-15-29)51-33-24-21-31(22-25-33)43-41(47)36(45-40(46)30-16-7-4-8-17-30)27-32-23-26-38(50-32)34-18-10-12-20-37(34)49-2/h3-27,39H,1-2H3,(H,43,47)(H,44,48)(H,45,46)/b36-27+. The topological polar surface area (TPSA) is 110 Å². The Bertz CT molecular complexity index is 2160. The predicted molar refractivity (Wildman–Crippen MR) is 203 cm³/mol. The molecule has 51 heavy (non-hydrogen) atoms. The number of thioether (sulfide) groups is 1. The van der Waals surface area contributed by atoms with Gasteiger partial charge in [0.1, 0.15) is 28.2 Å². The van der Waals surface area contributed by atoms with Crippen LogP contribution in [-0.4, -0.2) is 24.8 Å². The fourth-order valence-electron chi connectivity index (χ4n) is 5.27. The third kappa shape index (κ3) is 8.83. The molecule has 3 amide bonds. The van der Waals surface area contributed by atoms with Gasteiger partial charge in [-0.1, -0.05) is 78.9 Å². The van der Waals surface area contributed by atoms with Gasteiger partial charge in [-0.3, -0.25) is 14.4 Å². The summed E-state index contributed by atoms with van der Waals surface area (Å²) >= 11 is 1.41. The summed E-state index contributed by atoms with van der Waals surface area (Å²) in [6.07, 6.45) is 1.48. The van der Waals surface area contributed by atoms with Crippen LogP contribution in [0, 0.1) is 6.92 Å². The minimum atomic E-state index is -0.547. The van der Waals surface area contributed by atoms with Gasteiger partial charge in [-0.15, -0.1) is 11.8 Å². The van der Waals surface area contributed by atoms with E-state index in [4.69, 9.17) is 9.15 Å². The van der Waals surface area contributed by atoms with Crippen LogP contribution in [0.4, 0.5) is 11.4 Å². The zero-order valence-corrected chi connectivity index (χ0v) is 28.8. The van der Waals surface area contributed by atoms with Gasteiger partial charge in [0.25, 0.3) is 11.8 Å². The minimum absolute atomic E-state index is 0.0137. The molecule has 1 heterocycles. The van der Waals surface area contributed by atoms with E-state index in [1.807, 2.05) is 104 Å². The molecule has 0 saturated carbocycles. The fraction of sp³-hybridized carbons (Fsp3) is 0.0714. The Balaban J connectivity index is 1.21. The van der Waals surface area contributed by atoms with E-state index in [2.05, 4.69) is 16.0 Å². The van der Waals surface area contributed by atoms with E-state index in [0.29, 0.717) is 28.5 Å². The Kier molecular flexibility index (Phi) is 11.1. The van der Waals surface area contributed by atoms with E-state index in [1.165, 1.54) is 17.8 Å². The van der Waals surface area contributed by atoms with Gasteiger partial charge in [-0.05, 0) is 84.8 Å². The first-order valence-corrected chi connectivity index (χ1v) is 17.1. The first-order chi connectivity index (χ1) is 24.9. The summed E-state index contributed by atoms with van der Waals surface area (Å²) in [6, 6.07) is 44.0. The second kappa shape index (κ2) is 16.4. The van der Waals surface area contributed by atoms with Gasteiger partial charge >= 0.3 is 0 Å². The smallest absolute Gasteiger partial charge is 0.272 e. The maximum atomic E-state index is 13.7. The molecular formula is C42H35N3O5S. The number of carbonyl (C=O) groups is 3. The van der Waals surface area contributed by atoms with E-state index >= 15 is 0 Å². The number of nitrogens with one attached hydrogen (secondary N) is 3. The van der Waals surface area contributed by atoms with Crippen LogP contribution in [0.3, 0.4) is 0 Å². The van der Waals surface area contributed by atoms with Gasteiger partial charge in [0.2, 0.25) is 5.91 Å². The number of hydrogen-bond acceptors (Lipinski definition) is 6. The minimum Gasteiger partial charge on any atom is -0.496 e. The molecule has 0 bridgehead atoms. The van der Waals surface area contributed by atoms with E-state index in [1.54, 1.807) is 55.6 Å². The lowest BCUT2D eigenvalue weighted by Crippen LogP contribution is -2.30. The average molecular weight is 694 g/mol. The number of amides is 3. The highest BCUT2D eigenvalue weighted by Gasteiger charge is 2.23. The van der Waals surface area contributed by atoms with Crippen LogP contribution in [0.1, 0.15) is 32.5 Å². The van der Waals surface area contributed by atoms with Crippen LogP contribution in [0.15, 0.2) is 161 Å². The Labute approximate surface area is 300 Å². The van der Waals surface area contributed by atoms with Crippen molar-refractivity contribution in [3.8, 4) is 17.1 Å². The molecule has 3 N–H and O–H groups in total. The summed E-state index contributed by atoms with van der Waals surface area (Å²) in [6.45, 7) is 1.95. The third-order valence-electron chi connectivity index (χ3n) is 7.92. The Morgan fingerprint density at radius 2 is 1.39 bits per heavy atom. The van der Waals surface area contributed by atoms with Crippen molar-refractivity contribution in [2.75, 3.05) is 17.7 Å². The van der Waals surface area contributed by atoms with Crippen molar-refractivity contribution in [1.29, 1.82) is 0 Å². The van der Waals surface area contributed by atoms with Crippen molar-refractivity contribution in [3.05, 3.63) is 174 Å². The predicted octanol–water partition coefficient (Wildman–Crippen LogP) is 9.15. The molecule has 0 radical (unpaired) electrons. The second-order valence-electron chi connectivity index (χ2n) is 11.5. The lowest BCUT2D eigenvalue weighted by Gasteiger charge is -2.18. The summed E-state index contributed by atoms with van der Waals surface area (Å²) in [5, 5.41) is 8.17. The summed E-state index contributed by atoms with van der Waals surface area (Å²) in [7, 11) is 1.58. The highest BCUT2D eigenvalue weighted by atomic mass is 32.2. The summed E-state index contributed by atoms with van der Waals surface area (Å²) < 4.78 is 11.5. The van der Waals surface area contributed by atoms with E-state index in [-0.39, 0.29) is 11.6 Å². The number of ether oxygens (including phenoxy) is 1. The largest absolute Gasteiger partial charge is 0.496 e. The molecule has 1 unspecified atom stereocenters. The molecule has 1 aromatic heterocycles. The Hall–Kier alpha value is -6.32. The van der Waals surface area contributed by atoms with Crippen LogP contribution in [0.25, 0.3) is 17.4 Å². The number of hydrogen-bond donors (Lipinski definition) is 3. The van der Waals surface area contributed by atoms with Crippen molar-refractivity contribution < 1.29 is 23.5 Å². The molecule has 9 heteroatoms. The molecule has 0 aliphatic rings.